The van der Waals surface area contributed by atoms with Crippen molar-refractivity contribution in [2.45, 2.75) is 13.3 Å². The van der Waals surface area contributed by atoms with E-state index >= 15 is 0 Å². The maximum absolute atomic E-state index is 11.2. The van der Waals surface area contributed by atoms with E-state index < -0.39 is 0 Å². The van der Waals surface area contributed by atoms with Crippen LogP contribution in [0.4, 0.5) is 0 Å². The van der Waals surface area contributed by atoms with E-state index in [9.17, 15) is 4.79 Å². The smallest absolute Gasteiger partial charge is 0.354 e. The van der Waals surface area contributed by atoms with Crippen LogP contribution in [0, 0.1) is 0 Å². The highest BCUT2D eigenvalue weighted by Crippen LogP contribution is 2.05. The molecule has 0 saturated heterocycles. The highest BCUT2D eigenvalue weighted by atomic mass is 16.5. The zero-order chi connectivity index (χ0) is 9.68. The normalized spacial score (nSPS) is 10.0. The Hall–Kier alpha value is -1.29. The van der Waals surface area contributed by atoms with Gasteiger partial charge in [-0.15, -0.1) is 0 Å². The molecule has 0 spiro atoms. The molecule has 0 saturated carbocycles. The van der Waals surface area contributed by atoms with Gasteiger partial charge in [0.1, 0.15) is 5.69 Å². The Morgan fingerprint density at radius 1 is 1.69 bits per heavy atom. The first-order chi connectivity index (χ1) is 6.27. The van der Waals surface area contributed by atoms with Crippen molar-refractivity contribution in [3.8, 4) is 0 Å². The SMILES string of the molecule is CCOC(=O)c1cc(CCN)c[nH]1. The summed E-state index contributed by atoms with van der Waals surface area (Å²) in [6.45, 7) is 2.76. The van der Waals surface area contributed by atoms with Gasteiger partial charge in [0, 0.05) is 6.20 Å². The molecule has 0 unspecified atom stereocenters. The molecule has 1 rings (SSSR count). The molecule has 4 nitrogen and oxygen atoms in total. The van der Waals surface area contributed by atoms with Crippen molar-refractivity contribution in [2.24, 2.45) is 5.73 Å². The fourth-order valence-electron chi connectivity index (χ4n) is 1.08. The third kappa shape index (κ3) is 2.59. The second kappa shape index (κ2) is 4.67. The summed E-state index contributed by atoms with van der Waals surface area (Å²) in [6, 6.07) is 1.77. The minimum Gasteiger partial charge on any atom is -0.461 e. The topological polar surface area (TPSA) is 68.1 Å². The molecule has 0 amide bonds. The molecule has 0 aliphatic heterocycles. The first kappa shape index (κ1) is 9.80. The van der Waals surface area contributed by atoms with Crippen LogP contribution in [-0.2, 0) is 11.2 Å². The molecule has 13 heavy (non-hydrogen) atoms. The van der Waals surface area contributed by atoms with Gasteiger partial charge in [-0.2, -0.15) is 0 Å². The number of nitrogens with one attached hydrogen (secondary N) is 1. The second-order valence-corrected chi connectivity index (χ2v) is 2.68. The van der Waals surface area contributed by atoms with Gasteiger partial charge in [0.15, 0.2) is 0 Å². The van der Waals surface area contributed by atoms with E-state index in [1.165, 1.54) is 0 Å². The van der Waals surface area contributed by atoms with E-state index in [0.717, 1.165) is 12.0 Å². The fourth-order valence-corrected chi connectivity index (χ4v) is 1.08. The number of carbonyl (C=O) groups excluding carboxylic acids is 1. The number of aromatic nitrogens is 1. The molecule has 0 aliphatic rings. The van der Waals surface area contributed by atoms with Crippen LogP contribution >= 0.6 is 0 Å². The summed E-state index contributed by atoms with van der Waals surface area (Å²) in [4.78, 5) is 14.0. The van der Waals surface area contributed by atoms with Crippen LogP contribution in [0.25, 0.3) is 0 Å². The molecule has 0 aliphatic carbocycles. The molecule has 1 aromatic rings. The number of hydrogen-bond acceptors (Lipinski definition) is 3. The molecule has 4 heteroatoms. The quantitative estimate of drug-likeness (QED) is 0.673. The van der Waals surface area contributed by atoms with Crippen molar-refractivity contribution in [1.29, 1.82) is 0 Å². The molecule has 0 bridgehead atoms. The zero-order valence-corrected chi connectivity index (χ0v) is 7.67. The predicted molar refractivity (Wildman–Crippen MR) is 49.5 cm³/mol. The molecule has 1 heterocycles. The number of carbonyl (C=O) groups is 1. The van der Waals surface area contributed by atoms with Crippen LogP contribution in [0.15, 0.2) is 12.3 Å². The van der Waals surface area contributed by atoms with Crippen molar-refractivity contribution < 1.29 is 9.53 Å². The molecule has 1 aromatic heterocycles. The first-order valence-corrected chi connectivity index (χ1v) is 4.32. The minimum atomic E-state index is -0.314. The average molecular weight is 182 g/mol. The van der Waals surface area contributed by atoms with Gasteiger partial charge in [0.2, 0.25) is 0 Å². The lowest BCUT2D eigenvalue weighted by molar-refractivity contribution is 0.0520. The zero-order valence-electron chi connectivity index (χ0n) is 7.67. The molecule has 0 radical (unpaired) electrons. The van der Waals surface area contributed by atoms with Crippen molar-refractivity contribution in [2.75, 3.05) is 13.2 Å². The largest absolute Gasteiger partial charge is 0.461 e. The summed E-state index contributed by atoms with van der Waals surface area (Å²) in [5.41, 5.74) is 6.90. The third-order valence-corrected chi connectivity index (χ3v) is 1.67. The van der Waals surface area contributed by atoms with Gasteiger partial charge in [-0.1, -0.05) is 0 Å². The molecule has 0 aromatic carbocycles. The number of ether oxygens (including phenoxy) is 1. The van der Waals surface area contributed by atoms with Gasteiger partial charge in [0.25, 0.3) is 0 Å². The van der Waals surface area contributed by atoms with Crippen LogP contribution in [0.3, 0.4) is 0 Å². The summed E-state index contributed by atoms with van der Waals surface area (Å²) < 4.78 is 4.82. The average Bonchev–Trinajstić information content (AvgIpc) is 2.54. The van der Waals surface area contributed by atoms with Crippen molar-refractivity contribution in [1.82, 2.24) is 4.98 Å². The highest BCUT2D eigenvalue weighted by Gasteiger charge is 2.08. The lowest BCUT2D eigenvalue weighted by atomic mass is 10.2. The van der Waals surface area contributed by atoms with Crippen LogP contribution < -0.4 is 5.73 Å². The van der Waals surface area contributed by atoms with E-state index in [1.807, 2.05) is 0 Å². The van der Waals surface area contributed by atoms with Gasteiger partial charge in [0.05, 0.1) is 6.61 Å². The summed E-state index contributed by atoms with van der Waals surface area (Å²) in [6.07, 6.45) is 2.55. The lowest BCUT2D eigenvalue weighted by Crippen LogP contribution is -2.04. The summed E-state index contributed by atoms with van der Waals surface area (Å²) in [7, 11) is 0. The van der Waals surface area contributed by atoms with Crippen molar-refractivity contribution in [3.63, 3.8) is 0 Å². The van der Waals surface area contributed by atoms with Gasteiger partial charge in [-0.25, -0.2) is 4.79 Å². The van der Waals surface area contributed by atoms with Crippen molar-refractivity contribution in [3.05, 3.63) is 23.5 Å². The Bertz CT molecular complexity index is 281. The second-order valence-electron chi connectivity index (χ2n) is 2.68. The number of rotatable bonds is 4. The third-order valence-electron chi connectivity index (χ3n) is 1.67. The Morgan fingerprint density at radius 3 is 3.08 bits per heavy atom. The molecule has 72 valence electrons. The van der Waals surface area contributed by atoms with Crippen LogP contribution in [0.2, 0.25) is 0 Å². The van der Waals surface area contributed by atoms with E-state index in [1.54, 1.807) is 19.2 Å². The standard InChI is InChI=1S/C9H14N2O2/c1-2-13-9(12)8-5-7(3-4-10)6-11-8/h5-6,11H,2-4,10H2,1H3. The Balaban J connectivity index is 2.62. The fraction of sp³-hybridized carbons (Fsp3) is 0.444. The summed E-state index contributed by atoms with van der Waals surface area (Å²) in [5, 5.41) is 0. The number of nitrogens with two attached hydrogens (primary N) is 1. The minimum absolute atomic E-state index is 0.314. The van der Waals surface area contributed by atoms with E-state index in [2.05, 4.69) is 4.98 Å². The van der Waals surface area contributed by atoms with E-state index in [0.29, 0.717) is 18.8 Å². The highest BCUT2D eigenvalue weighted by molar-refractivity contribution is 5.87. The summed E-state index contributed by atoms with van der Waals surface area (Å²) in [5.74, 6) is -0.314. The molecule has 0 atom stereocenters. The Kier molecular flexibility index (Phi) is 3.52. The van der Waals surface area contributed by atoms with Crippen LogP contribution in [0.1, 0.15) is 23.0 Å². The van der Waals surface area contributed by atoms with Gasteiger partial charge < -0.3 is 15.5 Å². The lowest BCUT2D eigenvalue weighted by Gasteiger charge is -1.96. The number of aromatic amines is 1. The predicted octanol–water partition coefficient (Wildman–Crippen LogP) is 0.693. The number of hydrogen-bond donors (Lipinski definition) is 2. The first-order valence-electron chi connectivity index (χ1n) is 4.32. The Labute approximate surface area is 77.1 Å². The maximum atomic E-state index is 11.2. The van der Waals surface area contributed by atoms with Gasteiger partial charge >= 0.3 is 5.97 Å². The van der Waals surface area contributed by atoms with E-state index in [4.69, 9.17) is 10.5 Å². The Morgan fingerprint density at radius 2 is 2.46 bits per heavy atom. The van der Waals surface area contributed by atoms with Gasteiger partial charge in [-0.3, -0.25) is 0 Å². The van der Waals surface area contributed by atoms with Crippen LogP contribution in [-0.4, -0.2) is 24.1 Å². The molecular weight excluding hydrogens is 168 g/mol. The molecular formula is C9H14N2O2. The molecule has 3 N–H and O–H groups in total. The number of esters is 1. The monoisotopic (exact) mass is 182 g/mol. The number of H-pyrrole nitrogens is 1. The van der Waals surface area contributed by atoms with Crippen LogP contribution in [0.5, 0.6) is 0 Å². The van der Waals surface area contributed by atoms with Crippen molar-refractivity contribution >= 4 is 5.97 Å². The summed E-state index contributed by atoms with van der Waals surface area (Å²) >= 11 is 0. The van der Waals surface area contributed by atoms with Gasteiger partial charge in [-0.05, 0) is 31.5 Å². The van der Waals surface area contributed by atoms with E-state index in [-0.39, 0.29) is 5.97 Å². The molecule has 0 fully saturated rings. The maximum Gasteiger partial charge on any atom is 0.354 e.